The van der Waals surface area contributed by atoms with Gasteiger partial charge in [0.05, 0.1) is 7.11 Å². The molecule has 0 atom stereocenters. The number of hydrogen-bond donors (Lipinski definition) is 2. The van der Waals surface area contributed by atoms with Gasteiger partial charge in [0.15, 0.2) is 0 Å². The molecule has 2 amide bonds. The van der Waals surface area contributed by atoms with E-state index >= 15 is 0 Å². The van der Waals surface area contributed by atoms with Gasteiger partial charge in [0.2, 0.25) is 0 Å². The van der Waals surface area contributed by atoms with Crippen LogP contribution in [0.3, 0.4) is 0 Å². The predicted octanol–water partition coefficient (Wildman–Crippen LogP) is 2.18. The smallest absolute Gasteiger partial charge is 0.312 e. The fourth-order valence-corrected chi connectivity index (χ4v) is 1.93. The maximum absolute atomic E-state index is 10.6. The number of urea groups is 1. The van der Waals surface area contributed by atoms with Crippen molar-refractivity contribution in [3.05, 3.63) is 27.8 Å². The summed E-state index contributed by atoms with van der Waals surface area (Å²) < 4.78 is 5.32. The van der Waals surface area contributed by atoms with Crippen LogP contribution in [0, 0.1) is 13.8 Å². The van der Waals surface area contributed by atoms with E-state index in [0.29, 0.717) is 13.0 Å². The maximum Gasteiger partial charge on any atom is 0.312 e. The number of amides is 2. The standard InChI is InChI=1S/C12H17ClN2O2/c1-7-6-10(17-3)9(8(2)11(7)13)4-5-15-12(14)16/h6H,4-5H2,1-3H3,(H3,14,15,16). The third kappa shape index (κ3) is 3.27. The number of nitrogens with two attached hydrogens (primary N) is 1. The van der Waals surface area contributed by atoms with E-state index in [0.717, 1.165) is 27.5 Å². The SMILES string of the molecule is COc1cc(C)c(Cl)c(C)c1CCNC(N)=O. The number of hydrogen-bond acceptors (Lipinski definition) is 2. The number of halogens is 1. The third-order valence-corrected chi connectivity index (χ3v) is 3.25. The first-order valence-corrected chi connectivity index (χ1v) is 5.71. The molecule has 0 aliphatic rings. The van der Waals surface area contributed by atoms with Crippen LogP contribution in [0.15, 0.2) is 6.07 Å². The zero-order chi connectivity index (χ0) is 13.0. The normalized spacial score (nSPS) is 10.1. The number of primary amides is 1. The van der Waals surface area contributed by atoms with E-state index in [9.17, 15) is 4.79 Å². The van der Waals surface area contributed by atoms with Crippen LogP contribution < -0.4 is 15.8 Å². The minimum absolute atomic E-state index is 0.464. The van der Waals surface area contributed by atoms with Gasteiger partial charge < -0.3 is 15.8 Å². The monoisotopic (exact) mass is 256 g/mol. The minimum atomic E-state index is -0.528. The summed E-state index contributed by atoms with van der Waals surface area (Å²) in [5.41, 5.74) is 7.97. The Hall–Kier alpha value is -1.42. The predicted molar refractivity (Wildman–Crippen MR) is 68.8 cm³/mol. The highest BCUT2D eigenvalue weighted by molar-refractivity contribution is 6.32. The third-order valence-electron chi connectivity index (χ3n) is 2.67. The van der Waals surface area contributed by atoms with Crippen LogP contribution >= 0.6 is 11.6 Å². The number of ether oxygens (including phenoxy) is 1. The first-order valence-electron chi connectivity index (χ1n) is 5.33. The van der Waals surface area contributed by atoms with Gasteiger partial charge in [0.1, 0.15) is 5.75 Å². The lowest BCUT2D eigenvalue weighted by atomic mass is 10.0. The summed E-state index contributed by atoms with van der Waals surface area (Å²) in [5, 5.41) is 3.28. The molecular weight excluding hydrogens is 240 g/mol. The first-order chi connectivity index (χ1) is 7.97. The molecule has 4 nitrogen and oxygen atoms in total. The van der Waals surface area contributed by atoms with Gasteiger partial charge in [-0.1, -0.05) is 11.6 Å². The molecule has 0 unspecified atom stereocenters. The number of nitrogens with one attached hydrogen (secondary N) is 1. The van der Waals surface area contributed by atoms with Crippen LogP contribution in [0.4, 0.5) is 4.79 Å². The van der Waals surface area contributed by atoms with Gasteiger partial charge >= 0.3 is 6.03 Å². The van der Waals surface area contributed by atoms with Crippen LogP contribution in [0.25, 0.3) is 0 Å². The van der Waals surface area contributed by atoms with Crippen LogP contribution in [0.5, 0.6) is 5.75 Å². The zero-order valence-corrected chi connectivity index (χ0v) is 11.0. The molecule has 5 heteroatoms. The van der Waals surface area contributed by atoms with Crippen molar-refractivity contribution >= 4 is 17.6 Å². The van der Waals surface area contributed by atoms with Crippen molar-refractivity contribution in [2.45, 2.75) is 20.3 Å². The maximum atomic E-state index is 10.6. The number of carbonyl (C=O) groups excluding carboxylic acids is 1. The van der Waals surface area contributed by atoms with Crippen LogP contribution in [-0.2, 0) is 6.42 Å². The lowest BCUT2D eigenvalue weighted by Crippen LogP contribution is -2.31. The first kappa shape index (κ1) is 13.6. The fourth-order valence-electron chi connectivity index (χ4n) is 1.76. The molecule has 0 saturated carbocycles. The highest BCUT2D eigenvalue weighted by Crippen LogP contribution is 2.31. The van der Waals surface area contributed by atoms with E-state index in [1.807, 2.05) is 19.9 Å². The average Bonchev–Trinajstić information content (AvgIpc) is 2.28. The van der Waals surface area contributed by atoms with E-state index in [2.05, 4.69) is 5.32 Å². The van der Waals surface area contributed by atoms with E-state index in [4.69, 9.17) is 22.1 Å². The average molecular weight is 257 g/mol. The Kier molecular flexibility index (Phi) is 4.63. The van der Waals surface area contributed by atoms with Crippen LogP contribution in [0.1, 0.15) is 16.7 Å². The molecular formula is C12H17ClN2O2. The van der Waals surface area contributed by atoms with Gasteiger partial charge in [-0.15, -0.1) is 0 Å². The summed E-state index contributed by atoms with van der Waals surface area (Å²) in [7, 11) is 1.62. The van der Waals surface area contributed by atoms with Crippen molar-refractivity contribution < 1.29 is 9.53 Å². The van der Waals surface area contributed by atoms with Crippen LogP contribution in [-0.4, -0.2) is 19.7 Å². The zero-order valence-electron chi connectivity index (χ0n) is 10.3. The van der Waals surface area contributed by atoms with E-state index in [-0.39, 0.29) is 0 Å². The molecule has 0 aromatic heterocycles. The highest BCUT2D eigenvalue weighted by atomic mass is 35.5. The van der Waals surface area contributed by atoms with Crippen molar-refractivity contribution in [1.82, 2.24) is 5.32 Å². The Balaban J connectivity index is 2.96. The van der Waals surface area contributed by atoms with Crippen LogP contribution in [0.2, 0.25) is 5.02 Å². The van der Waals surface area contributed by atoms with Crippen molar-refractivity contribution in [2.24, 2.45) is 5.73 Å². The Labute approximate surface area is 106 Å². The molecule has 1 aromatic carbocycles. The van der Waals surface area contributed by atoms with E-state index in [1.165, 1.54) is 0 Å². The summed E-state index contributed by atoms with van der Waals surface area (Å²) in [5.74, 6) is 0.788. The summed E-state index contributed by atoms with van der Waals surface area (Å²) in [4.78, 5) is 10.6. The molecule has 0 spiro atoms. The van der Waals surface area contributed by atoms with Gasteiger partial charge in [-0.2, -0.15) is 0 Å². The highest BCUT2D eigenvalue weighted by Gasteiger charge is 2.12. The molecule has 0 fully saturated rings. The fraction of sp³-hybridized carbons (Fsp3) is 0.417. The molecule has 0 saturated heterocycles. The molecule has 0 radical (unpaired) electrons. The molecule has 0 heterocycles. The lowest BCUT2D eigenvalue weighted by Gasteiger charge is -2.15. The van der Waals surface area contributed by atoms with Gasteiger partial charge in [0.25, 0.3) is 0 Å². The molecule has 0 aliphatic heterocycles. The van der Waals surface area contributed by atoms with Crippen molar-refractivity contribution in [3.8, 4) is 5.75 Å². The molecule has 17 heavy (non-hydrogen) atoms. The van der Waals surface area contributed by atoms with Crippen molar-refractivity contribution in [1.29, 1.82) is 0 Å². The summed E-state index contributed by atoms with van der Waals surface area (Å²) in [6.45, 7) is 4.34. The minimum Gasteiger partial charge on any atom is -0.496 e. The second kappa shape index (κ2) is 5.77. The topological polar surface area (TPSA) is 64.3 Å². The van der Waals surface area contributed by atoms with E-state index in [1.54, 1.807) is 7.11 Å². The molecule has 0 bridgehead atoms. The summed E-state index contributed by atoms with van der Waals surface area (Å²) >= 11 is 6.19. The molecule has 94 valence electrons. The summed E-state index contributed by atoms with van der Waals surface area (Å²) in [6, 6.07) is 1.37. The lowest BCUT2D eigenvalue weighted by molar-refractivity contribution is 0.249. The Bertz CT molecular complexity index is 433. The molecule has 3 N–H and O–H groups in total. The number of aryl methyl sites for hydroxylation is 1. The number of carbonyl (C=O) groups is 1. The number of methoxy groups -OCH3 is 1. The molecule has 1 aromatic rings. The largest absolute Gasteiger partial charge is 0.496 e. The van der Waals surface area contributed by atoms with Gasteiger partial charge in [-0.3, -0.25) is 0 Å². The number of rotatable bonds is 4. The van der Waals surface area contributed by atoms with Gasteiger partial charge in [-0.25, -0.2) is 4.79 Å². The second-order valence-corrected chi connectivity index (χ2v) is 4.23. The number of benzene rings is 1. The van der Waals surface area contributed by atoms with Crippen molar-refractivity contribution in [2.75, 3.05) is 13.7 Å². The Morgan fingerprint density at radius 2 is 2.18 bits per heavy atom. The van der Waals surface area contributed by atoms with Crippen molar-refractivity contribution in [3.63, 3.8) is 0 Å². The quantitative estimate of drug-likeness (QED) is 0.867. The Morgan fingerprint density at radius 1 is 1.53 bits per heavy atom. The van der Waals surface area contributed by atoms with Gasteiger partial charge in [-0.05, 0) is 37.5 Å². The Morgan fingerprint density at radius 3 is 2.71 bits per heavy atom. The summed E-state index contributed by atoms with van der Waals surface area (Å²) in [6.07, 6.45) is 0.637. The van der Waals surface area contributed by atoms with Gasteiger partial charge in [0, 0.05) is 17.1 Å². The molecule has 1 rings (SSSR count). The second-order valence-electron chi connectivity index (χ2n) is 3.85. The molecule has 0 aliphatic carbocycles. The van der Waals surface area contributed by atoms with E-state index < -0.39 is 6.03 Å².